The molecular weight excluding hydrogens is 906 g/mol. The van der Waals surface area contributed by atoms with Gasteiger partial charge in [0.1, 0.15) is 24.5 Å². The van der Waals surface area contributed by atoms with Crippen LogP contribution in [-0.4, -0.2) is 92.7 Å². The average molecular weight is 952 g/mol. The number of rotatable bonds is 17. The number of aromatic amines is 1. The number of ether oxygens (including phenoxy) is 2. The number of carbonyl (C=O) groups is 5. The van der Waals surface area contributed by atoms with E-state index in [1.165, 1.54) is 32.2 Å². The molecule has 7 aromatic rings. The third kappa shape index (κ3) is 10.7. The first-order valence-corrected chi connectivity index (χ1v) is 22.1. The SMILES string of the molecule is COC(=O)[C@H](CCCNC(=O)c1ccc(NC(=O)[C@H](C)NC(=O)OCC2c3ccccc3-c3ccccc32)cc1-c1nnn[nH]1)NC(=O)c1ccc(NCc2ccc3nc(N)nc(N)c3c2Cl)cc1. The van der Waals surface area contributed by atoms with Crippen LogP contribution < -0.4 is 38.1 Å². The molecule has 10 N–H and O–H groups in total. The number of hydrogen-bond donors (Lipinski definition) is 8. The minimum atomic E-state index is -1.02. The largest absolute Gasteiger partial charge is 0.467 e. The number of aromatic nitrogens is 6. The zero-order chi connectivity index (χ0) is 48.6. The van der Waals surface area contributed by atoms with Crippen molar-refractivity contribution in [2.45, 2.75) is 44.3 Å². The van der Waals surface area contributed by atoms with Gasteiger partial charge in [-0.25, -0.2) is 19.7 Å². The highest BCUT2D eigenvalue weighted by molar-refractivity contribution is 6.37. The topological polar surface area (TPSA) is 296 Å². The van der Waals surface area contributed by atoms with Crippen molar-refractivity contribution in [3.05, 3.63) is 136 Å². The molecule has 5 aromatic carbocycles. The lowest BCUT2D eigenvalue weighted by molar-refractivity contribution is -0.143. The Morgan fingerprint density at radius 1 is 0.826 bits per heavy atom. The molecule has 21 heteroatoms. The predicted octanol–water partition coefficient (Wildman–Crippen LogP) is 5.59. The number of benzene rings is 5. The van der Waals surface area contributed by atoms with Crippen LogP contribution in [0.2, 0.25) is 5.02 Å². The molecule has 2 atom stereocenters. The fraction of sp³-hybridized carbons (Fsp3) is 0.208. The van der Waals surface area contributed by atoms with Gasteiger partial charge in [-0.2, -0.15) is 4.98 Å². The summed E-state index contributed by atoms with van der Waals surface area (Å²) >= 11 is 6.62. The van der Waals surface area contributed by atoms with Gasteiger partial charge in [-0.05, 0) is 107 Å². The number of tetrazole rings is 1. The van der Waals surface area contributed by atoms with E-state index in [9.17, 15) is 24.0 Å². The number of carbonyl (C=O) groups excluding carboxylic acids is 5. The predicted molar refractivity (Wildman–Crippen MR) is 258 cm³/mol. The van der Waals surface area contributed by atoms with Crippen molar-refractivity contribution in [3.63, 3.8) is 0 Å². The van der Waals surface area contributed by atoms with Crippen LogP contribution in [0.25, 0.3) is 33.4 Å². The summed E-state index contributed by atoms with van der Waals surface area (Å²) in [5.41, 5.74) is 19.1. The van der Waals surface area contributed by atoms with Crippen molar-refractivity contribution in [2.75, 3.05) is 42.4 Å². The molecule has 1 aliphatic rings. The molecule has 4 amide bonds. The van der Waals surface area contributed by atoms with Crippen LogP contribution in [-0.2, 0) is 25.6 Å². The average Bonchev–Trinajstić information content (AvgIpc) is 4.01. The van der Waals surface area contributed by atoms with Crippen LogP contribution in [0.3, 0.4) is 0 Å². The third-order valence-corrected chi connectivity index (χ3v) is 11.9. The van der Waals surface area contributed by atoms with Gasteiger partial charge in [0.2, 0.25) is 11.9 Å². The summed E-state index contributed by atoms with van der Waals surface area (Å²) in [7, 11) is 1.22. The number of amides is 4. The first-order valence-electron chi connectivity index (χ1n) is 21.7. The third-order valence-electron chi connectivity index (χ3n) is 11.5. The van der Waals surface area contributed by atoms with Gasteiger partial charge in [-0.3, -0.25) is 14.4 Å². The van der Waals surface area contributed by atoms with E-state index in [4.69, 9.17) is 32.5 Å². The molecule has 8 rings (SSSR count). The van der Waals surface area contributed by atoms with Crippen molar-refractivity contribution >= 4 is 75.4 Å². The maximum Gasteiger partial charge on any atom is 0.407 e. The highest BCUT2D eigenvalue weighted by Crippen LogP contribution is 2.44. The monoisotopic (exact) mass is 951 g/mol. The van der Waals surface area contributed by atoms with Crippen LogP contribution in [0.1, 0.15) is 63.1 Å². The van der Waals surface area contributed by atoms with E-state index in [-0.39, 0.29) is 60.6 Å². The molecule has 0 spiro atoms. The molecular formula is C48H46ClN13O7. The number of H-pyrrole nitrogens is 1. The van der Waals surface area contributed by atoms with Gasteiger partial charge in [-0.15, -0.1) is 5.10 Å². The summed E-state index contributed by atoms with van der Waals surface area (Å²) in [6, 6.07) is 28.7. The first kappa shape index (κ1) is 46.9. The van der Waals surface area contributed by atoms with Crippen LogP contribution in [0.15, 0.2) is 103 Å². The lowest BCUT2D eigenvalue weighted by Crippen LogP contribution is -2.42. The number of anilines is 4. The summed E-state index contributed by atoms with van der Waals surface area (Å²) in [5, 5.41) is 28.9. The second-order valence-electron chi connectivity index (χ2n) is 16.0. The molecule has 352 valence electrons. The van der Waals surface area contributed by atoms with Gasteiger partial charge >= 0.3 is 12.1 Å². The van der Waals surface area contributed by atoms with Gasteiger partial charge < -0.3 is 47.5 Å². The lowest BCUT2D eigenvalue weighted by atomic mass is 9.98. The molecule has 0 unspecified atom stereocenters. The van der Waals surface area contributed by atoms with E-state index in [1.807, 2.05) is 48.5 Å². The fourth-order valence-corrected chi connectivity index (χ4v) is 8.33. The molecule has 2 aromatic heterocycles. The zero-order valence-corrected chi connectivity index (χ0v) is 38.0. The molecule has 2 heterocycles. The summed E-state index contributed by atoms with van der Waals surface area (Å²) < 4.78 is 10.6. The van der Waals surface area contributed by atoms with E-state index in [1.54, 1.807) is 36.4 Å². The molecule has 0 fully saturated rings. The minimum absolute atomic E-state index is 0.0492. The standard InChI is InChI=1S/C48H46ClN13O7/c1-25(54-48(67)69-24-36-32-10-5-3-8-30(32)31-9-4-6-11-33(31)36)43(63)55-29-18-19-34(35(22-29)42-59-61-62-60-42)45(65)52-21-7-12-38(46(66)68-2)56-44(64)26-13-16-28(17-14-26)53-23-27-15-20-37-39(40(27)49)41(50)58-47(51)57-37/h3-6,8-11,13-20,22,25,36,38,53H,7,12,21,23-24H2,1-2H3,(H,52,65)(H,54,67)(H,55,63)(H,56,64)(H4,50,51,57,58)(H,59,60,61,62)/t25-,38-/m0/s1. The number of fused-ring (bicyclic) bond motifs is 4. The Morgan fingerprint density at radius 2 is 1.54 bits per heavy atom. The van der Waals surface area contributed by atoms with E-state index in [2.05, 4.69) is 57.2 Å². The second kappa shape index (κ2) is 20.9. The van der Waals surface area contributed by atoms with E-state index in [0.29, 0.717) is 39.4 Å². The highest BCUT2D eigenvalue weighted by atomic mass is 35.5. The zero-order valence-electron chi connectivity index (χ0n) is 37.2. The number of alkyl carbamates (subject to hydrolysis) is 1. The van der Waals surface area contributed by atoms with E-state index < -0.39 is 41.9 Å². The van der Waals surface area contributed by atoms with Crippen molar-refractivity contribution in [3.8, 4) is 22.5 Å². The summed E-state index contributed by atoms with van der Waals surface area (Å²) in [6.07, 6.45) is -0.339. The Hall–Kier alpha value is -8.65. The lowest BCUT2D eigenvalue weighted by Gasteiger charge is -2.18. The van der Waals surface area contributed by atoms with Crippen LogP contribution >= 0.6 is 11.6 Å². The van der Waals surface area contributed by atoms with Gasteiger partial charge in [0, 0.05) is 41.5 Å². The van der Waals surface area contributed by atoms with Gasteiger partial charge in [0.25, 0.3) is 11.8 Å². The molecule has 1 aliphatic carbocycles. The second-order valence-corrected chi connectivity index (χ2v) is 16.3. The highest BCUT2D eigenvalue weighted by Gasteiger charge is 2.30. The maximum absolute atomic E-state index is 13.5. The normalized spacial score (nSPS) is 12.5. The summed E-state index contributed by atoms with van der Waals surface area (Å²) in [5.74, 6) is -1.97. The van der Waals surface area contributed by atoms with Crippen molar-refractivity contribution in [1.82, 2.24) is 46.5 Å². The number of hydrogen-bond acceptors (Lipinski definition) is 15. The number of nitrogens with two attached hydrogens (primary N) is 2. The molecule has 0 aliphatic heterocycles. The number of esters is 1. The van der Waals surface area contributed by atoms with Gasteiger partial charge in [0.15, 0.2) is 5.82 Å². The van der Waals surface area contributed by atoms with Crippen LogP contribution in [0, 0.1) is 0 Å². The van der Waals surface area contributed by atoms with E-state index >= 15 is 0 Å². The van der Waals surface area contributed by atoms with Crippen molar-refractivity contribution in [2.24, 2.45) is 0 Å². The Bertz CT molecular complexity index is 3020. The number of nitrogens with one attached hydrogen (secondary N) is 6. The smallest absolute Gasteiger partial charge is 0.407 e. The van der Waals surface area contributed by atoms with Crippen molar-refractivity contribution < 1.29 is 33.4 Å². The summed E-state index contributed by atoms with van der Waals surface area (Å²) in [4.78, 5) is 73.8. The molecule has 0 bridgehead atoms. The fourth-order valence-electron chi connectivity index (χ4n) is 8.01. The van der Waals surface area contributed by atoms with Crippen LogP contribution in [0.4, 0.5) is 27.9 Å². The van der Waals surface area contributed by atoms with Gasteiger partial charge in [0.05, 0.1) is 28.6 Å². The number of nitrogen functional groups attached to an aromatic ring is 2. The van der Waals surface area contributed by atoms with Gasteiger partial charge in [-0.1, -0.05) is 66.2 Å². The quantitative estimate of drug-likeness (QED) is 0.0408. The molecule has 69 heavy (non-hydrogen) atoms. The first-order chi connectivity index (χ1) is 33.4. The maximum atomic E-state index is 13.5. The molecule has 0 saturated heterocycles. The molecule has 0 saturated carbocycles. The molecule has 20 nitrogen and oxygen atoms in total. The Balaban J connectivity index is 0.818. The Kier molecular flexibility index (Phi) is 14.2. The van der Waals surface area contributed by atoms with E-state index in [0.717, 1.165) is 27.8 Å². The number of nitrogens with zero attached hydrogens (tertiary/aromatic N) is 5. The van der Waals surface area contributed by atoms with Crippen LogP contribution in [0.5, 0.6) is 0 Å². The number of halogens is 1. The summed E-state index contributed by atoms with van der Waals surface area (Å²) in [6.45, 7) is 2.05. The Labute approximate surface area is 399 Å². The molecule has 0 radical (unpaired) electrons. The minimum Gasteiger partial charge on any atom is -0.467 e. The number of methoxy groups -OCH3 is 1. The Morgan fingerprint density at radius 3 is 2.23 bits per heavy atom. The van der Waals surface area contributed by atoms with Crippen molar-refractivity contribution in [1.29, 1.82) is 0 Å².